The Balaban J connectivity index is 2.59. The Morgan fingerprint density at radius 1 is 0.905 bits per heavy atom. The summed E-state index contributed by atoms with van der Waals surface area (Å²) in [4.78, 5) is 22.6. The zero-order valence-electron chi connectivity index (χ0n) is 10.6. The van der Waals surface area contributed by atoms with E-state index in [4.69, 9.17) is 23.2 Å². The topological polar surface area (TPSA) is 74.6 Å². The highest BCUT2D eigenvalue weighted by atomic mass is 35.5. The molecule has 2 aromatic rings. The van der Waals surface area contributed by atoms with Gasteiger partial charge in [-0.15, -0.1) is 0 Å². The molecule has 0 radical (unpaired) electrons. The van der Waals surface area contributed by atoms with Crippen LogP contribution in [0.5, 0.6) is 0 Å². The van der Waals surface area contributed by atoms with Gasteiger partial charge >= 0.3 is 11.9 Å². The summed E-state index contributed by atoms with van der Waals surface area (Å²) in [5.41, 5.74) is 0.638. The molecule has 0 bridgehead atoms. The summed E-state index contributed by atoms with van der Waals surface area (Å²) >= 11 is 12.0. The van der Waals surface area contributed by atoms with Crippen LogP contribution in [0.2, 0.25) is 10.0 Å². The lowest BCUT2D eigenvalue weighted by molar-refractivity contribution is 0.0696. The van der Waals surface area contributed by atoms with Crippen molar-refractivity contribution in [1.29, 1.82) is 0 Å². The first kappa shape index (κ1) is 15.4. The summed E-state index contributed by atoms with van der Waals surface area (Å²) in [6, 6.07) is 9.08. The molecule has 0 amide bonds. The Morgan fingerprint density at radius 2 is 1.43 bits per heavy atom. The average molecular weight is 325 g/mol. The molecule has 0 heterocycles. The Kier molecular flexibility index (Phi) is 4.50. The molecule has 0 spiro atoms. The number of carboxylic acid groups (broad SMARTS) is 2. The molecule has 2 N–H and O–H groups in total. The van der Waals surface area contributed by atoms with Gasteiger partial charge in [-0.05, 0) is 29.3 Å². The number of rotatable bonds is 4. The van der Waals surface area contributed by atoms with Gasteiger partial charge in [0.25, 0.3) is 0 Å². The van der Waals surface area contributed by atoms with E-state index in [2.05, 4.69) is 0 Å². The summed E-state index contributed by atoms with van der Waals surface area (Å²) in [7, 11) is 0. The summed E-state index contributed by atoms with van der Waals surface area (Å²) in [6.07, 6.45) is 0.0729. The van der Waals surface area contributed by atoms with Crippen LogP contribution in [0.4, 0.5) is 0 Å². The number of carbonyl (C=O) groups is 2. The van der Waals surface area contributed by atoms with E-state index in [9.17, 15) is 19.8 Å². The van der Waals surface area contributed by atoms with Crippen molar-refractivity contribution in [2.24, 2.45) is 0 Å². The van der Waals surface area contributed by atoms with Gasteiger partial charge in [0.15, 0.2) is 0 Å². The quantitative estimate of drug-likeness (QED) is 0.891. The van der Waals surface area contributed by atoms with Crippen LogP contribution in [0.15, 0.2) is 36.4 Å². The fraction of sp³-hybridized carbons (Fsp3) is 0.0667. The Bertz CT molecular complexity index is 693. The SMILES string of the molecule is O=C(O)c1cccc(C(=O)O)c1Cc1cccc(Cl)c1Cl. The average Bonchev–Trinajstić information content (AvgIpc) is 2.43. The minimum atomic E-state index is -1.19. The Hall–Kier alpha value is -2.04. The molecule has 0 saturated carbocycles. The monoisotopic (exact) mass is 324 g/mol. The molecule has 2 rings (SSSR count). The van der Waals surface area contributed by atoms with E-state index in [0.717, 1.165) is 0 Å². The van der Waals surface area contributed by atoms with Crippen LogP contribution in [0.3, 0.4) is 0 Å². The molecule has 0 aliphatic rings. The van der Waals surface area contributed by atoms with Gasteiger partial charge in [0, 0.05) is 6.42 Å². The first-order chi connectivity index (χ1) is 9.91. The second-order valence-electron chi connectivity index (χ2n) is 4.33. The van der Waals surface area contributed by atoms with Gasteiger partial charge in [-0.3, -0.25) is 0 Å². The molecule has 0 atom stereocenters. The first-order valence-corrected chi connectivity index (χ1v) is 6.68. The normalized spacial score (nSPS) is 10.4. The molecule has 4 nitrogen and oxygen atoms in total. The molecule has 0 unspecified atom stereocenters. The lowest BCUT2D eigenvalue weighted by atomic mass is 9.94. The molecular formula is C15H10Cl2O4. The number of aromatic carboxylic acids is 2. The second-order valence-corrected chi connectivity index (χ2v) is 5.12. The van der Waals surface area contributed by atoms with Crippen LogP contribution in [0.25, 0.3) is 0 Å². The Labute approximate surface area is 130 Å². The molecular weight excluding hydrogens is 315 g/mol. The van der Waals surface area contributed by atoms with Gasteiger partial charge in [0.1, 0.15) is 0 Å². The number of hydrogen-bond donors (Lipinski definition) is 2. The highest BCUT2D eigenvalue weighted by Crippen LogP contribution is 2.29. The second kappa shape index (κ2) is 6.16. The van der Waals surface area contributed by atoms with Gasteiger partial charge < -0.3 is 10.2 Å². The Morgan fingerprint density at radius 3 is 1.95 bits per heavy atom. The molecule has 2 aromatic carbocycles. The van der Waals surface area contributed by atoms with Crippen molar-refractivity contribution in [1.82, 2.24) is 0 Å². The maximum atomic E-state index is 11.3. The van der Waals surface area contributed by atoms with Gasteiger partial charge in [0.2, 0.25) is 0 Å². The summed E-state index contributed by atoms with van der Waals surface area (Å²) in [5, 5.41) is 19.1. The number of hydrogen-bond acceptors (Lipinski definition) is 2. The van der Waals surface area contributed by atoms with Crippen molar-refractivity contribution >= 4 is 35.1 Å². The largest absolute Gasteiger partial charge is 0.478 e. The third-order valence-electron chi connectivity index (χ3n) is 3.04. The van der Waals surface area contributed by atoms with Crippen molar-refractivity contribution in [3.63, 3.8) is 0 Å². The zero-order chi connectivity index (χ0) is 15.6. The third kappa shape index (κ3) is 3.17. The highest BCUT2D eigenvalue weighted by molar-refractivity contribution is 6.42. The van der Waals surface area contributed by atoms with E-state index < -0.39 is 11.9 Å². The number of carboxylic acids is 2. The van der Waals surface area contributed by atoms with Crippen molar-refractivity contribution in [2.45, 2.75) is 6.42 Å². The van der Waals surface area contributed by atoms with Crippen LogP contribution in [0, 0.1) is 0 Å². The maximum Gasteiger partial charge on any atom is 0.336 e. The van der Waals surface area contributed by atoms with Crippen LogP contribution >= 0.6 is 23.2 Å². The van der Waals surface area contributed by atoms with E-state index in [1.54, 1.807) is 18.2 Å². The van der Waals surface area contributed by atoms with Gasteiger partial charge in [-0.25, -0.2) is 9.59 Å². The standard InChI is InChI=1S/C15H10Cl2O4/c16-12-6-1-3-8(13(12)17)7-11-9(14(18)19)4-2-5-10(11)15(20)21/h1-6H,7H2,(H,18,19)(H,20,21). The van der Waals surface area contributed by atoms with Crippen molar-refractivity contribution in [3.8, 4) is 0 Å². The molecule has 6 heteroatoms. The summed E-state index contributed by atoms with van der Waals surface area (Å²) in [6.45, 7) is 0. The maximum absolute atomic E-state index is 11.3. The zero-order valence-corrected chi connectivity index (χ0v) is 12.1. The van der Waals surface area contributed by atoms with E-state index in [1.807, 2.05) is 0 Å². The van der Waals surface area contributed by atoms with Gasteiger partial charge in [-0.1, -0.05) is 41.4 Å². The molecule has 0 saturated heterocycles. The predicted octanol–water partition coefficient (Wildman–Crippen LogP) is 3.98. The first-order valence-electron chi connectivity index (χ1n) is 5.93. The lowest BCUT2D eigenvalue weighted by Gasteiger charge is -2.11. The fourth-order valence-electron chi connectivity index (χ4n) is 2.05. The van der Waals surface area contributed by atoms with E-state index >= 15 is 0 Å². The minimum absolute atomic E-state index is 0.0639. The highest BCUT2D eigenvalue weighted by Gasteiger charge is 2.19. The van der Waals surface area contributed by atoms with Crippen LogP contribution in [-0.4, -0.2) is 22.2 Å². The van der Waals surface area contributed by atoms with Crippen molar-refractivity contribution < 1.29 is 19.8 Å². The number of benzene rings is 2. The molecule has 0 aromatic heterocycles. The van der Waals surface area contributed by atoms with E-state index in [0.29, 0.717) is 10.6 Å². The van der Waals surface area contributed by atoms with Crippen LogP contribution in [-0.2, 0) is 6.42 Å². The van der Waals surface area contributed by atoms with Crippen molar-refractivity contribution in [3.05, 3.63) is 68.7 Å². The molecule has 21 heavy (non-hydrogen) atoms. The van der Waals surface area contributed by atoms with Crippen LogP contribution < -0.4 is 0 Å². The van der Waals surface area contributed by atoms with Gasteiger partial charge in [0.05, 0.1) is 21.2 Å². The molecule has 0 aliphatic carbocycles. The van der Waals surface area contributed by atoms with Gasteiger partial charge in [-0.2, -0.15) is 0 Å². The minimum Gasteiger partial charge on any atom is -0.478 e. The van der Waals surface area contributed by atoms with E-state index in [1.165, 1.54) is 18.2 Å². The van der Waals surface area contributed by atoms with Crippen LogP contribution in [0.1, 0.15) is 31.8 Å². The fourth-order valence-corrected chi connectivity index (χ4v) is 2.44. The lowest BCUT2D eigenvalue weighted by Crippen LogP contribution is -2.10. The summed E-state index contributed by atoms with van der Waals surface area (Å²) in [5.74, 6) is -2.38. The van der Waals surface area contributed by atoms with E-state index in [-0.39, 0.29) is 28.1 Å². The smallest absolute Gasteiger partial charge is 0.336 e. The predicted molar refractivity (Wildman–Crippen MR) is 79.6 cm³/mol. The summed E-state index contributed by atoms with van der Waals surface area (Å²) < 4.78 is 0. The molecule has 108 valence electrons. The molecule has 0 fully saturated rings. The molecule has 0 aliphatic heterocycles. The third-order valence-corrected chi connectivity index (χ3v) is 3.89. The number of halogens is 2. The van der Waals surface area contributed by atoms with Crippen molar-refractivity contribution in [2.75, 3.05) is 0 Å².